The van der Waals surface area contributed by atoms with Crippen LogP contribution in [-0.4, -0.2) is 34.6 Å². The van der Waals surface area contributed by atoms with Gasteiger partial charge in [-0.05, 0) is 43.9 Å². The van der Waals surface area contributed by atoms with Gasteiger partial charge in [-0.1, -0.05) is 12.8 Å². The lowest BCUT2D eigenvalue weighted by molar-refractivity contribution is 0.0687. The summed E-state index contributed by atoms with van der Waals surface area (Å²) in [6, 6.07) is 3.78. The van der Waals surface area contributed by atoms with Crippen LogP contribution in [0, 0.1) is 17.2 Å². The zero-order valence-electron chi connectivity index (χ0n) is 13.3. The van der Waals surface area contributed by atoms with E-state index in [1.54, 1.807) is 6.26 Å². The summed E-state index contributed by atoms with van der Waals surface area (Å²) in [6.45, 7) is 0.714. The summed E-state index contributed by atoms with van der Waals surface area (Å²) in [7, 11) is 0. The zero-order valence-corrected chi connectivity index (χ0v) is 14.1. The second-order valence-electron chi connectivity index (χ2n) is 6.32. The summed E-state index contributed by atoms with van der Waals surface area (Å²) in [5.41, 5.74) is 0.0664. The summed E-state index contributed by atoms with van der Waals surface area (Å²) in [4.78, 5) is 29.7. The monoisotopic (exact) mass is 331 g/mol. The molecule has 1 N–H and O–H groups in total. The molecule has 0 radical (unpaired) electrons. The van der Waals surface area contributed by atoms with Gasteiger partial charge in [-0.15, -0.1) is 11.8 Å². The number of nitrogens with zero attached hydrogens (tertiary/aromatic N) is 2. The molecule has 0 bridgehead atoms. The quantitative estimate of drug-likeness (QED) is 0.864. The Labute approximate surface area is 140 Å². The lowest BCUT2D eigenvalue weighted by Crippen LogP contribution is -2.41. The minimum atomic E-state index is -0.393. The van der Waals surface area contributed by atoms with Crippen molar-refractivity contribution >= 4 is 17.7 Å². The van der Waals surface area contributed by atoms with E-state index in [4.69, 9.17) is 0 Å². The molecule has 5 nitrogen and oxygen atoms in total. The number of hydrogen-bond donors (Lipinski definition) is 1. The Hall–Kier alpha value is -1.74. The van der Waals surface area contributed by atoms with E-state index in [-0.39, 0.29) is 17.5 Å². The van der Waals surface area contributed by atoms with Crippen molar-refractivity contribution in [2.24, 2.45) is 5.92 Å². The number of pyridine rings is 1. The number of rotatable bonds is 3. The number of carbonyl (C=O) groups excluding carboxylic acids is 1. The Kier molecular flexibility index (Phi) is 4.76. The summed E-state index contributed by atoms with van der Waals surface area (Å²) in [5.74, 6) is 0.353. The fraction of sp³-hybridized carbons (Fsp3) is 0.588. The standard InChI is InChI=1S/C17H21N3O2S/c1-23-16-12(10-18)9-13(15(21)19-16)17(22)20-8-4-7-14(20)11-5-2-3-6-11/h9,11,14H,2-8H2,1H3,(H,19,21). The molecule has 6 heteroatoms. The predicted octanol–water partition coefficient (Wildman–Crippen LogP) is 2.76. The fourth-order valence-corrected chi connectivity index (χ4v) is 4.47. The van der Waals surface area contributed by atoms with Crippen molar-refractivity contribution in [2.45, 2.75) is 49.6 Å². The van der Waals surface area contributed by atoms with Crippen LogP contribution >= 0.6 is 11.8 Å². The number of aromatic amines is 1. The highest BCUT2D eigenvalue weighted by Crippen LogP contribution is 2.35. The average molecular weight is 331 g/mol. The first-order valence-electron chi connectivity index (χ1n) is 8.18. The molecule has 1 saturated heterocycles. The first kappa shape index (κ1) is 16.1. The maximum absolute atomic E-state index is 12.9. The molecule has 23 heavy (non-hydrogen) atoms. The number of H-pyrrole nitrogens is 1. The molecular formula is C17H21N3O2S. The van der Waals surface area contributed by atoms with E-state index in [1.807, 2.05) is 4.90 Å². The maximum Gasteiger partial charge on any atom is 0.261 e. The van der Waals surface area contributed by atoms with Gasteiger partial charge in [-0.3, -0.25) is 9.59 Å². The molecule has 1 amide bonds. The number of amides is 1. The van der Waals surface area contributed by atoms with Crippen molar-refractivity contribution in [1.29, 1.82) is 5.26 Å². The van der Waals surface area contributed by atoms with E-state index in [1.165, 1.54) is 43.5 Å². The Balaban J connectivity index is 1.90. The van der Waals surface area contributed by atoms with Crippen LogP contribution in [0.2, 0.25) is 0 Å². The topological polar surface area (TPSA) is 77.0 Å². The SMILES string of the molecule is CSc1[nH]c(=O)c(C(=O)N2CCCC2C2CCCC2)cc1C#N. The lowest BCUT2D eigenvalue weighted by Gasteiger charge is -2.29. The van der Waals surface area contributed by atoms with Crippen LogP contribution < -0.4 is 5.56 Å². The molecule has 1 aliphatic carbocycles. The average Bonchev–Trinajstić information content (AvgIpc) is 3.24. The van der Waals surface area contributed by atoms with Crippen LogP contribution in [-0.2, 0) is 0 Å². The summed E-state index contributed by atoms with van der Waals surface area (Å²) >= 11 is 1.30. The molecule has 2 aliphatic rings. The van der Waals surface area contributed by atoms with E-state index >= 15 is 0 Å². The molecular weight excluding hydrogens is 310 g/mol. The molecule has 1 aromatic heterocycles. The van der Waals surface area contributed by atoms with Gasteiger partial charge in [0.1, 0.15) is 11.6 Å². The number of nitrogens with one attached hydrogen (secondary N) is 1. The largest absolute Gasteiger partial charge is 0.335 e. The second-order valence-corrected chi connectivity index (χ2v) is 7.14. The van der Waals surface area contributed by atoms with E-state index in [0.717, 1.165) is 12.8 Å². The van der Waals surface area contributed by atoms with Gasteiger partial charge in [0.05, 0.1) is 10.6 Å². The Morgan fingerprint density at radius 3 is 2.74 bits per heavy atom. The van der Waals surface area contributed by atoms with Gasteiger partial charge in [-0.2, -0.15) is 5.26 Å². The first-order valence-corrected chi connectivity index (χ1v) is 9.40. The van der Waals surface area contributed by atoms with Gasteiger partial charge >= 0.3 is 0 Å². The molecule has 1 aliphatic heterocycles. The van der Waals surface area contributed by atoms with E-state index in [2.05, 4.69) is 11.1 Å². The van der Waals surface area contributed by atoms with Gasteiger partial charge in [0.25, 0.3) is 11.5 Å². The first-order chi connectivity index (χ1) is 11.2. The number of thioether (sulfide) groups is 1. The van der Waals surface area contributed by atoms with Crippen molar-refractivity contribution in [3.05, 3.63) is 27.5 Å². The van der Waals surface area contributed by atoms with Gasteiger partial charge in [-0.25, -0.2) is 0 Å². The molecule has 1 unspecified atom stereocenters. The highest BCUT2D eigenvalue weighted by atomic mass is 32.2. The second kappa shape index (κ2) is 6.79. The number of aromatic nitrogens is 1. The number of nitriles is 1. The molecule has 3 rings (SSSR count). The molecule has 0 aromatic carbocycles. The molecule has 122 valence electrons. The molecule has 2 fully saturated rings. The van der Waals surface area contributed by atoms with Crippen molar-refractivity contribution in [3.8, 4) is 6.07 Å². The van der Waals surface area contributed by atoms with Gasteiger partial charge in [0, 0.05) is 12.6 Å². The van der Waals surface area contributed by atoms with E-state index in [9.17, 15) is 14.9 Å². The number of likely N-dealkylation sites (tertiary alicyclic amines) is 1. The van der Waals surface area contributed by atoms with E-state index in [0.29, 0.717) is 23.1 Å². The molecule has 1 atom stereocenters. The normalized spacial score (nSPS) is 21.6. The third-order valence-corrected chi connectivity index (χ3v) is 5.79. The van der Waals surface area contributed by atoms with E-state index < -0.39 is 5.56 Å². The molecule has 0 spiro atoms. The highest BCUT2D eigenvalue weighted by molar-refractivity contribution is 7.98. The Morgan fingerprint density at radius 1 is 1.35 bits per heavy atom. The lowest BCUT2D eigenvalue weighted by atomic mass is 9.95. The van der Waals surface area contributed by atoms with Crippen LogP contribution in [0.25, 0.3) is 0 Å². The molecule has 2 heterocycles. The van der Waals surface area contributed by atoms with Crippen LogP contribution in [0.3, 0.4) is 0 Å². The maximum atomic E-state index is 12.9. The van der Waals surface area contributed by atoms with Gasteiger partial charge in [0.2, 0.25) is 0 Å². The zero-order chi connectivity index (χ0) is 16.4. The minimum absolute atomic E-state index is 0.101. The summed E-state index contributed by atoms with van der Waals surface area (Å²) in [5, 5.41) is 9.74. The summed E-state index contributed by atoms with van der Waals surface area (Å²) in [6.07, 6.45) is 8.67. The van der Waals surface area contributed by atoms with Crippen LogP contribution in [0.15, 0.2) is 15.9 Å². The highest BCUT2D eigenvalue weighted by Gasteiger charge is 2.37. The smallest absolute Gasteiger partial charge is 0.261 e. The van der Waals surface area contributed by atoms with Crippen molar-refractivity contribution in [3.63, 3.8) is 0 Å². The van der Waals surface area contributed by atoms with Crippen LogP contribution in [0.1, 0.15) is 54.4 Å². The third kappa shape index (κ3) is 3.02. The minimum Gasteiger partial charge on any atom is -0.335 e. The number of hydrogen-bond acceptors (Lipinski definition) is 4. The third-order valence-electron chi connectivity index (χ3n) is 5.06. The van der Waals surface area contributed by atoms with Crippen LogP contribution in [0.5, 0.6) is 0 Å². The molecule has 1 aromatic rings. The number of carbonyl (C=O) groups is 1. The summed E-state index contributed by atoms with van der Waals surface area (Å²) < 4.78 is 0. The van der Waals surface area contributed by atoms with Crippen molar-refractivity contribution in [2.75, 3.05) is 12.8 Å². The Bertz CT molecular complexity index is 701. The van der Waals surface area contributed by atoms with Crippen molar-refractivity contribution in [1.82, 2.24) is 9.88 Å². The fourth-order valence-electron chi connectivity index (χ4n) is 3.95. The Morgan fingerprint density at radius 2 is 2.09 bits per heavy atom. The predicted molar refractivity (Wildman–Crippen MR) is 89.6 cm³/mol. The molecule has 1 saturated carbocycles. The van der Waals surface area contributed by atoms with Gasteiger partial charge in [0.15, 0.2) is 0 Å². The van der Waals surface area contributed by atoms with Crippen LogP contribution in [0.4, 0.5) is 0 Å². The van der Waals surface area contributed by atoms with Crippen molar-refractivity contribution < 1.29 is 4.79 Å². The van der Waals surface area contributed by atoms with Gasteiger partial charge < -0.3 is 9.88 Å².